The second kappa shape index (κ2) is 5.65. The number of rotatable bonds is 3. The van der Waals surface area contributed by atoms with Crippen molar-refractivity contribution in [1.29, 1.82) is 0 Å². The quantitative estimate of drug-likeness (QED) is 0.742. The molecule has 0 bridgehead atoms. The van der Waals surface area contributed by atoms with Gasteiger partial charge in [-0.3, -0.25) is 0 Å². The van der Waals surface area contributed by atoms with Crippen molar-refractivity contribution >= 4 is 21.6 Å². The number of anilines is 1. The molecule has 2 aromatic carbocycles. The van der Waals surface area contributed by atoms with Crippen molar-refractivity contribution in [2.24, 2.45) is 0 Å². The number of halogens is 1. The molecule has 3 rings (SSSR count). The molecule has 0 spiro atoms. The van der Waals surface area contributed by atoms with Gasteiger partial charge < -0.3 is 5.73 Å². The van der Waals surface area contributed by atoms with Gasteiger partial charge in [0.05, 0.1) is 6.54 Å². The Bertz CT molecular complexity index is 781. The maximum Gasteiger partial charge on any atom is 0.182 e. The van der Waals surface area contributed by atoms with Crippen LogP contribution in [-0.4, -0.2) is 20.2 Å². The summed E-state index contributed by atoms with van der Waals surface area (Å²) in [6.07, 6.45) is 0. The molecule has 0 amide bonds. The lowest BCUT2D eigenvalue weighted by Gasteiger charge is -2.08. The fourth-order valence-electron chi connectivity index (χ4n) is 2.09. The van der Waals surface area contributed by atoms with Crippen LogP contribution in [0.1, 0.15) is 11.1 Å². The first-order valence-corrected chi connectivity index (χ1v) is 7.30. The van der Waals surface area contributed by atoms with E-state index in [1.165, 1.54) is 0 Å². The molecule has 3 aromatic rings. The van der Waals surface area contributed by atoms with E-state index in [1.54, 1.807) is 4.68 Å². The van der Waals surface area contributed by atoms with E-state index in [2.05, 4.69) is 31.5 Å². The molecule has 0 aliphatic carbocycles. The average Bonchev–Trinajstić information content (AvgIpc) is 2.93. The molecule has 106 valence electrons. The maximum atomic E-state index is 5.97. The molecule has 1 heterocycles. The highest BCUT2D eigenvalue weighted by atomic mass is 79.9. The lowest BCUT2D eigenvalue weighted by atomic mass is 10.1. The Kier molecular flexibility index (Phi) is 3.70. The van der Waals surface area contributed by atoms with Gasteiger partial charge in [0.15, 0.2) is 5.82 Å². The second-order valence-corrected chi connectivity index (χ2v) is 5.68. The molecule has 0 atom stereocenters. The van der Waals surface area contributed by atoms with Crippen LogP contribution in [0.2, 0.25) is 0 Å². The molecule has 0 aliphatic heterocycles. The third kappa shape index (κ3) is 2.80. The SMILES string of the molecule is Cc1ccc(-c2nnnn2Cc2ccccc2Br)cc1N. The summed E-state index contributed by atoms with van der Waals surface area (Å²) < 4.78 is 2.80. The van der Waals surface area contributed by atoms with Gasteiger partial charge in [-0.2, -0.15) is 0 Å². The van der Waals surface area contributed by atoms with Gasteiger partial charge in [-0.05, 0) is 40.6 Å². The summed E-state index contributed by atoms with van der Waals surface area (Å²) >= 11 is 3.54. The molecule has 0 saturated carbocycles. The van der Waals surface area contributed by atoms with Crippen molar-refractivity contribution in [1.82, 2.24) is 20.2 Å². The van der Waals surface area contributed by atoms with E-state index >= 15 is 0 Å². The molecule has 1 aromatic heterocycles. The van der Waals surface area contributed by atoms with E-state index in [0.717, 1.165) is 26.9 Å². The van der Waals surface area contributed by atoms with Gasteiger partial charge in [-0.1, -0.05) is 46.3 Å². The van der Waals surface area contributed by atoms with E-state index < -0.39 is 0 Å². The first-order chi connectivity index (χ1) is 10.1. The van der Waals surface area contributed by atoms with Crippen LogP contribution in [-0.2, 0) is 6.54 Å². The van der Waals surface area contributed by atoms with Crippen molar-refractivity contribution in [3.8, 4) is 11.4 Å². The molecule has 2 N–H and O–H groups in total. The van der Waals surface area contributed by atoms with Gasteiger partial charge in [0.1, 0.15) is 0 Å². The number of nitrogens with zero attached hydrogens (tertiary/aromatic N) is 4. The van der Waals surface area contributed by atoms with E-state index in [4.69, 9.17) is 5.73 Å². The van der Waals surface area contributed by atoms with Crippen molar-refractivity contribution in [3.63, 3.8) is 0 Å². The third-order valence-electron chi connectivity index (χ3n) is 3.35. The Morgan fingerprint density at radius 3 is 2.76 bits per heavy atom. The van der Waals surface area contributed by atoms with E-state index in [-0.39, 0.29) is 0 Å². The van der Waals surface area contributed by atoms with Crippen LogP contribution in [0.5, 0.6) is 0 Å². The number of tetrazole rings is 1. The average molecular weight is 344 g/mol. The Morgan fingerprint density at radius 2 is 2.00 bits per heavy atom. The molecule has 21 heavy (non-hydrogen) atoms. The van der Waals surface area contributed by atoms with Crippen LogP contribution < -0.4 is 5.73 Å². The number of nitrogens with two attached hydrogens (primary N) is 1. The van der Waals surface area contributed by atoms with Gasteiger partial charge >= 0.3 is 0 Å². The molecule has 0 radical (unpaired) electrons. The zero-order valence-electron chi connectivity index (χ0n) is 11.5. The van der Waals surface area contributed by atoms with E-state index in [1.807, 2.05) is 49.4 Å². The number of nitrogen functional groups attached to an aromatic ring is 1. The maximum absolute atomic E-state index is 5.97. The molecular weight excluding hydrogens is 330 g/mol. The summed E-state index contributed by atoms with van der Waals surface area (Å²) in [6, 6.07) is 13.9. The van der Waals surface area contributed by atoms with Gasteiger partial charge in [-0.15, -0.1) is 5.10 Å². The first kappa shape index (κ1) is 13.8. The van der Waals surface area contributed by atoms with E-state index in [0.29, 0.717) is 12.4 Å². The monoisotopic (exact) mass is 343 g/mol. The molecule has 5 nitrogen and oxygen atoms in total. The third-order valence-corrected chi connectivity index (χ3v) is 4.12. The molecular formula is C15H14BrN5. The van der Waals surface area contributed by atoms with Crippen molar-refractivity contribution in [2.45, 2.75) is 13.5 Å². The van der Waals surface area contributed by atoms with Crippen LogP contribution in [0.25, 0.3) is 11.4 Å². The van der Waals surface area contributed by atoms with Crippen LogP contribution in [0, 0.1) is 6.92 Å². The summed E-state index contributed by atoms with van der Waals surface area (Å²) in [7, 11) is 0. The van der Waals surface area contributed by atoms with Crippen LogP contribution in [0.4, 0.5) is 5.69 Å². The van der Waals surface area contributed by atoms with Crippen molar-refractivity contribution in [2.75, 3.05) is 5.73 Å². The normalized spacial score (nSPS) is 10.8. The standard InChI is InChI=1S/C15H14BrN5/c1-10-6-7-11(8-14(10)17)15-18-19-20-21(15)9-12-4-2-3-5-13(12)16/h2-8H,9,17H2,1H3. The van der Waals surface area contributed by atoms with Crippen LogP contribution in [0.3, 0.4) is 0 Å². The Labute approximate surface area is 130 Å². The highest BCUT2D eigenvalue weighted by molar-refractivity contribution is 9.10. The molecule has 0 aliphatic rings. The van der Waals surface area contributed by atoms with Crippen LogP contribution >= 0.6 is 15.9 Å². The summed E-state index contributed by atoms with van der Waals surface area (Å²) in [4.78, 5) is 0. The highest BCUT2D eigenvalue weighted by Crippen LogP contribution is 2.23. The Morgan fingerprint density at radius 1 is 1.19 bits per heavy atom. The highest BCUT2D eigenvalue weighted by Gasteiger charge is 2.11. The molecule has 0 saturated heterocycles. The second-order valence-electron chi connectivity index (χ2n) is 4.82. The predicted molar refractivity (Wildman–Crippen MR) is 85.6 cm³/mol. The summed E-state index contributed by atoms with van der Waals surface area (Å²) in [5.41, 5.74) is 9.78. The van der Waals surface area contributed by atoms with Crippen molar-refractivity contribution in [3.05, 3.63) is 58.1 Å². The van der Waals surface area contributed by atoms with Gasteiger partial charge in [0.2, 0.25) is 0 Å². The van der Waals surface area contributed by atoms with Gasteiger partial charge in [-0.25, -0.2) is 4.68 Å². The first-order valence-electron chi connectivity index (χ1n) is 6.51. The fourth-order valence-corrected chi connectivity index (χ4v) is 2.50. The molecule has 0 unspecified atom stereocenters. The Hall–Kier alpha value is -2.21. The minimum absolute atomic E-state index is 0.595. The van der Waals surface area contributed by atoms with Crippen LogP contribution in [0.15, 0.2) is 46.9 Å². The Balaban J connectivity index is 1.97. The number of hydrogen-bond acceptors (Lipinski definition) is 4. The number of aromatic nitrogens is 4. The topological polar surface area (TPSA) is 69.6 Å². The number of aryl methyl sites for hydroxylation is 1. The zero-order chi connectivity index (χ0) is 14.8. The number of hydrogen-bond donors (Lipinski definition) is 1. The zero-order valence-corrected chi connectivity index (χ0v) is 13.1. The largest absolute Gasteiger partial charge is 0.398 e. The minimum atomic E-state index is 0.595. The fraction of sp³-hybridized carbons (Fsp3) is 0.133. The van der Waals surface area contributed by atoms with Gasteiger partial charge in [0.25, 0.3) is 0 Å². The lowest BCUT2D eigenvalue weighted by Crippen LogP contribution is -2.05. The summed E-state index contributed by atoms with van der Waals surface area (Å²) in [6.45, 7) is 2.57. The molecule has 0 fully saturated rings. The molecule has 6 heteroatoms. The number of benzene rings is 2. The smallest absolute Gasteiger partial charge is 0.182 e. The summed E-state index contributed by atoms with van der Waals surface area (Å²) in [5, 5.41) is 12.0. The lowest BCUT2D eigenvalue weighted by molar-refractivity contribution is 0.652. The van der Waals surface area contributed by atoms with E-state index in [9.17, 15) is 0 Å². The summed E-state index contributed by atoms with van der Waals surface area (Å²) in [5.74, 6) is 0.706. The predicted octanol–water partition coefficient (Wildman–Crippen LogP) is 3.04. The minimum Gasteiger partial charge on any atom is -0.398 e. The van der Waals surface area contributed by atoms with Crippen molar-refractivity contribution < 1.29 is 0 Å². The van der Waals surface area contributed by atoms with Gasteiger partial charge in [0, 0.05) is 15.7 Å².